The summed E-state index contributed by atoms with van der Waals surface area (Å²) in [4.78, 5) is 33.8. The van der Waals surface area contributed by atoms with E-state index in [1.807, 2.05) is 23.1 Å². The Hall–Kier alpha value is -1.86. The summed E-state index contributed by atoms with van der Waals surface area (Å²) in [7, 11) is 0. The molecule has 3 rings (SSSR count). The van der Waals surface area contributed by atoms with Crippen molar-refractivity contribution in [3.05, 3.63) is 40.4 Å². The van der Waals surface area contributed by atoms with E-state index < -0.39 is 0 Å². The number of hydrogen-bond acceptors (Lipinski definition) is 5. The summed E-state index contributed by atoms with van der Waals surface area (Å²) in [5, 5.41) is 0.601. The summed E-state index contributed by atoms with van der Waals surface area (Å²) in [6.07, 6.45) is 2.54. The van der Waals surface area contributed by atoms with E-state index >= 15 is 0 Å². The number of thioether (sulfide) groups is 1. The Balaban J connectivity index is 1.51. The number of nitrogens with one attached hydrogen (secondary N) is 1. The summed E-state index contributed by atoms with van der Waals surface area (Å²) >= 11 is 1.61. The number of para-hydroxylation sites is 1. The van der Waals surface area contributed by atoms with E-state index in [1.54, 1.807) is 17.8 Å². The van der Waals surface area contributed by atoms with Gasteiger partial charge in [0.05, 0.1) is 16.7 Å². The minimum atomic E-state index is -0.115. The van der Waals surface area contributed by atoms with Gasteiger partial charge in [-0.05, 0) is 30.9 Å². The normalized spacial score (nSPS) is 20.5. The molecule has 140 valence electrons. The molecule has 1 aliphatic heterocycles. The number of nitrogens with two attached hydrogens (primary N) is 1. The number of hydrogen-bond donors (Lipinski definition) is 2. The van der Waals surface area contributed by atoms with Gasteiger partial charge in [0, 0.05) is 31.3 Å². The molecule has 1 saturated heterocycles. The summed E-state index contributed by atoms with van der Waals surface area (Å²) in [5.41, 5.74) is 6.43. The quantitative estimate of drug-likeness (QED) is 0.756. The number of rotatable bonds is 6. The van der Waals surface area contributed by atoms with Gasteiger partial charge in [0.2, 0.25) is 5.91 Å². The lowest BCUT2D eigenvalue weighted by molar-refractivity contribution is -0.134. The average Bonchev–Trinajstić information content (AvgIpc) is 2.65. The van der Waals surface area contributed by atoms with Crippen LogP contribution in [-0.4, -0.2) is 45.7 Å². The number of benzene rings is 1. The summed E-state index contributed by atoms with van der Waals surface area (Å²) < 4.78 is 0. The first-order chi connectivity index (χ1) is 12.6. The largest absolute Gasteiger partial charge is 0.338 e. The second-order valence-corrected chi connectivity index (χ2v) is 8.04. The summed E-state index contributed by atoms with van der Waals surface area (Å²) in [6.45, 7) is 3.56. The molecule has 1 amide bonds. The number of piperidine rings is 1. The first-order valence-corrected chi connectivity index (χ1v) is 10.3. The van der Waals surface area contributed by atoms with Gasteiger partial charge in [-0.1, -0.05) is 19.1 Å². The van der Waals surface area contributed by atoms with Crippen molar-refractivity contribution < 1.29 is 4.79 Å². The maximum absolute atomic E-state index is 12.5. The van der Waals surface area contributed by atoms with E-state index in [1.165, 1.54) is 0 Å². The van der Waals surface area contributed by atoms with Gasteiger partial charge in [-0.2, -0.15) is 11.8 Å². The van der Waals surface area contributed by atoms with Crippen molar-refractivity contribution >= 4 is 28.6 Å². The van der Waals surface area contributed by atoms with E-state index in [-0.39, 0.29) is 17.5 Å². The number of amides is 1. The lowest BCUT2D eigenvalue weighted by Gasteiger charge is -2.38. The third kappa shape index (κ3) is 4.45. The molecule has 1 aromatic heterocycles. The minimum absolute atomic E-state index is 0.115. The maximum atomic E-state index is 12.5. The molecule has 0 radical (unpaired) electrons. The number of carbonyl (C=O) groups is 1. The molecule has 2 heterocycles. The zero-order valence-corrected chi connectivity index (χ0v) is 15.9. The van der Waals surface area contributed by atoms with Crippen molar-refractivity contribution in [3.8, 4) is 0 Å². The Labute approximate surface area is 157 Å². The molecule has 1 aliphatic rings. The molecule has 1 fully saturated rings. The highest BCUT2D eigenvalue weighted by Gasteiger charge is 2.28. The number of likely N-dealkylation sites (tertiary alicyclic amines) is 1. The highest BCUT2D eigenvalue weighted by Crippen LogP contribution is 2.23. The molecule has 1 aromatic carbocycles. The Morgan fingerprint density at radius 3 is 3.04 bits per heavy atom. The van der Waals surface area contributed by atoms with Gasteiger partial charge in [-0.3, -0.25) is 9.59 Å². The van der Waals surface area contributed by atoms with Gasteiger partial charge in [0.15, 0.2) is 0 Å². The highest BCUT2D eigenvalue weighted by molar-refractivity contribution is 7.98. The van der Waals surface area contributed by atoms with E-state index in [4.69, 9.17) is 5.73 Å². The van der Waals surface area contributed by atoms with E-state index in [0.717, 1.165) is 19.4 Å². The maximum Gasteiger partial charge on any atom is 0.258 e. The van der Waals surface area contributed by atoms with Gasteiger partial charge in [0.25, 0.3) is 5.56 Å². The Bertz CT molecular complexity index is 823. The van der Waals surface area contributed by atoms with Crippen molar-refractivity contribution in [1.82, 2.24) is 14.9 Å². The molecular formula is C19H26N4O2S. The zero-order chi connectivity index (χ0) is 18.5. The molecule has 2 aromatic rings. The molecule has 7 heteroatoms. The Morgan fingerprint density at radius 1 is 1.42 bits per heavy atom. The standard InChI is InChI=1S/C19H26N4O2S/c1-13-6-8-23(14(10-13)11-20)18(24)7-9-26-12-17-21-16-5-3-2-4-15(16)19(25)22-17/h2-5,13-14H,6-12,20H2,1H3,(H,21,22,25). The fraction of sp³-hybridized carbons (Fsp3) is 0.526. The monoisotopic (exact) mass is 374 g/mol. The Morgan fingerprint density at radius 2 is 2.23 bits per heavy atom. The molecular weight excluding hydrogens is 348 g/mol. The minimum Gasteiger partial charge on any atom is -0.338 e. The van der Waals surface area contributed by atoms with Crippen LogP contribution in [0.2, 0.25) is 0 Å². The van der Waals surface area contributed by atoms with Crippen LogP contribution in [0.15, 0.2) is 29.1 Å². The van der Waals surface area contributed by atoms with E-state index in [2.05, 4.69) is 16.9 Å². The molecule has 3 N–H and O–H groups in total. The van der Waals surface area contributed by atoms with Crippen LogP contribution in [0.3, 0.4) is 0 Å². The topological polar surface area (TPSA) is 92.1 Å². The smallest absolute Gasteiger partial charge is 0.258 e. The van der Waals surface area contributed by atoms with E-state index in [9.17, 15) is 9.59 Å². The van der Waals surface area contributed by atoms with Crippen molar-refractivity contribution in [3.63, 3.8) is 0 Å². The van der Waals surface area contributed by atoms with Gasteiger partial charge in [-0.25, -0.2) is 4.98 Å². The number of aromatic nitrogens is 2. The van der Waals surface area contributed by atoms with Crippen LogP contribution in [-0.2, 0) is 10.5 Å². The first kappa shape index (κ1) is 18.9. The van der Waals surface area contributed by atoms with Gasteiger partial charge in [0.1, 0.15) is 5.82 Å². The van der Waals surface area contributed by atoms with Crippen LogP contribution in [0, 0.1) is 5.92 Å². The molecule has 26 heavy (non-hydrogen) atoms. The van der Waals surface area contributed by atoms with Crippen LogP contribution in [0.1, 0.15) is 32.0 Å². The SMILES string of the molecule is CC1CCN(C(=O)CCSCc2nc3ccccc3c(=O)[nH]2)C(CN)C1. The molecule has 6 nitrogen and oxygen atoms in total. The Kier molecular flexibility index (Phi) is 6.32. The third-order valence-corrected chi connectivity index (χ3v) is 5.90. The second-order valence-electron chi connectivity index (χ2n) is 6.94. The summed E-state index contributed by atoms with van der Waals surface area (Å²) in [5.74, 6) is 2.76. The second kappa shape index (κ2) is 8.68. The lowest BCUT2D eigenvalue weighted by atomic mass is 9.92. The van der Waals surface area contributed by atoms with Crippen molar-refractivity contribution in [2.24, 2.45) is 11.7 Å². The van der Waals surface area contributed by atoms with Crippen molar-refractivity contribution in [1.29, 1.82) is 0 Å². The predicted molar refractivity (Wildman–Crippen MR) is 106 cm³/mol. The molecule has 0 spiro atoms. The molecule has 0 aliphatic carbocycles. The number of carbonyl (C=O) groups excluding carboxylic acids is 1. The first-order valence-electron chi connectivity index (χ1n) is 9.13. The highest BCUT2D eigenvalue weighted by atomic mass is 32.2. The van der Waals surface area contributed by atoms with Gasteiger partial charge < -0.3 is 15.6 Å². The lowest BCUT2D eigenvalue weighted by Crippen LogP contribution is -2.49. The fourth-order valence-electron chi connectivity index (χ4n) is 3.48. The average molecular weight is 375 g/mol. The fourth-order valence-corrected chi connectivity index (χ4v) is 4.27. The predicted octanol–water partition coefficient (Wildman–Crippen LogP) is 2.13. The third-order valence-electron chi connectivity index (χ3n) is 4.93. The summed E-state index contributed by atoms with van der Waals surface area (Å²) in [6, 6.07) is 7.48. The number of H-pyrrole nitrogens is 1. The van der Waals surface area contributed by atoms with Crippen LogP contribution in [0.5, 0.6) is 0 Å². The molecule has 0 bridgehead atoms. The molecule has 2 atom stereocenters. The molecule has 0 saturated carbocycles. The number of fused-ring (bicyclic) bond motifs is 1. The van der Waals surface area contributed by atoms with Crippen LogP contribution < -0.4 is 11.3 Å². The van der Waals surface area contributed by atoms with Crippen LogP contribution in [0.4, 0.5) is 0 Å². The zero-order valence-electron chi connectivity index (χ0n) is 15.1. The van der Waals surface area contributed by atoms with Gasteiger partial charge in [-0.15, -0.1) is 0 Å². The van der Waals surface area contributed by atoms with Crippen molar-refractivity contribution in [2.45, 2.75) is 38.0 Å². The van der Waals surface area contributed by atoms with Gasteiger partial charge >= 0.3 is 0 Å². The van der Waals surface area contributed by atoms with E-state index in [0.29, 0.717) is 47.1 Å². The van der Waals surface area contributed by atoms with Crippen molar-refractivity contribution in [2.75, 3.05) is 18.8 Å². The number of aromatic amines is 1. The van der Waals surface area contributed by atoms with Crippen LogP contribution in [0.25, 0.3) is 10.9 Å². The molecule has 2 unspecified atom stereocenters. The number of nitrogens with zero attached hydrogens (tertiary/aromatic N) is 2. The van der Waals surface area contributed by atoms with Crippen LogP contribution >= 0.6 is 11.8 Å².